The van der Waals surface area contributed by atoms with Crippen LogP contribution in [-0.4, -0.2) is 37.3 Å². The number of sulfonamides is 1. The molecule has 0 bridgehead atoms. The van der Waals surface area contributed by atoms with Crippen molar-refractivity contribution < 1.29 is 13.2 Å². The van der Waals surface area contributed by atoms with Crippen molar-refractivity contribution in [1.82, 2.24) is 10.2 Å². The Balaban J connectivity index is 1.48. The van der Waals surface area contributed by atoms with E-state index in [9.17, 15) is 13.2 Å². The van der Waals surface area contributed by atoms with Gasteiger partial charge >= 0.3 is 0 Å². The zero-order chi connectivity index (χ0) is 20.4. The summed E-state index contributed by atoms with van der Waals surface area (Å²) < 4.78 is 25.3. The van der Waals surface area contributed by atoms with E-state index in [1.807, 2.05) is 30.3 Å². The summed E-state index contributed by atoms with van der Waals surface area (Å²) in [5.41, 5.74) is 3.11. The Kier molecular flexibility index (Phi) is 5.33. The number of aryl methyl sites for hydroxylation is 1. The quantitative estimate of drug-likeness (QED) is 0.674. The number of rotatable bonds is 5. The van der Waals surface area contributed by atoms with Crippen LogP contribution < -0.4 is 9.62 Å². The molecule has 1 aliphatic rings. The lowest BCUT2D eigenvalue weighted by Gasteiger charge is -2.29. The first-order chi connectivity index (χ1) is 13.9. The van der Waals surface area contributed by atoms with Crippen molar-refractivity contribution in [3.8, 4) is 0 Å². The van der Waals surface area contributed by atoms with Crippen LogP contribution in [0.4, 0.5) is 10.8 Å². The van der Waals surface area contributed by atoms with Gasteiger partial charge in [0.2, 0.25) is 15.2 Å². The number of benzene rings is 2. The Labute approximate surface area is 173 Å². The van der Waals surface area contributed by atoms with Crippen LogP contribution in [0.1, 0.15) is 32.9 Å². The highest BCUT2D eigenvalue weighted by Gasteiger charge is 2.24. The fraction of sp³-hybridized carbons (Fsp3) is 0.250. The fourth-order valence-corrected chi connectivity index (χ4v) is 5.13. The molecular weight excluding hydrogens is 408 g/mol. The number of fused-ring (bicyclic) bond motifs is 1. The number of amides is 1. The van der Waals surface area contributed by atoms with Crippen molar-refractivity contribution in [2.24, 2.45) is 0 Å². The lowest BCUT2D eigenvalue weighted by atomic mass is 10.0. The molecule has 3 aromatic rings. The van der Waals surface area contributed by atoms with E-state index in [4.69, 9.17) is 0 Å². The molecule has 1 aliphatic heterocycles. The number of nitrogens with one attached hydrogen (secondary N) is 1. The second-order valence-corrected chi connectivity index (χ2v) is 9.87. The second kappa shape index (κ2) is 7.92. The minimum Gasteiger partial charge on any atom is -0.296 e. The van der Waals surface area contributed by atoms with Crippen LogP contribution in [0.25, 0.3) is 0 Å². The third kappa shape index (κ3) is 4.46. The first kappa shape index (κ1) is 19.5. The van der Waals surface area contributed by atoms with E-state index in [1.165, 1.54) is 21.9 Å². The van der Waals surface area contributed by atoms with Crippen molar-refractivity contribution in [2.75, 3.05) is 22.4 Å². The fourth-order valence-electron chi connectivity index (χ4n) is 3.36. The van der Waals surface area contributed by atoms with Crippen molar-refractivity contribution >= 4 is 38.1 Å². The molecular formula is C20H20N4O3S2. The van der Waals surface area contributed by atoms with Gasteiger partial charge in [-0.15, -0.1) is 10.2 Å². The maximum atomic E-state index is 12.6. The van der Waals surface area contributed by atoms with Crippen LogP contribution in [0.15, 0.2) is 48.5 Å². The third-order valence-corrected chi connectivity index (χ3v) is 6.72. The van der Waals surface area contributed by atoms with E-state index in [2.05, 4.69) is 15.5 Å². The summed E-state index contributed by atoms with van der Waals surface area (Å²) in [7, 11) is -3.33. The summed E-state index contributed by atoms with van der Waals surface area (Å²) in [6, 6.07) is 15.0. The molecule has 1 N–H and O–H groups in total. The molecule has 0 spiro atoms. The van der Waals surface area contributed by atoms with Crippen LogP contribution >= 0.6 is 11.3 Å². The minimum atomic E-state index is -3.33. The molecule has 7 nitrogen and oxygen atoms in total. The Morgan fingerprint density at radius 3 is 2.72 bits per heavy atom. The van der Waals surface area contributed by atoms with Crippen LogP contribution in [-0.2, 0) is 22.9 Å². The molecule has 4 rings (SSSR count). The number of anilines is 2. The van der Waals surface area contributed by atoms with E-state index in [0.29, 0.717) is 29.3 Å². The van der Waals surface area contributed by atoms with Gasteiger partial charge in [-0.05, 0) is 42.2 Å². The number of aromatic nitrogens is 2. The molecule has 0 atom stereocenters. The molecule has 29 heavy (non-hydrogen) atoms. The lowest BCUT2D eigenvalue weighted by Crippen LogP contribution is -2.34. The Hall–Kier alpha value is -2.78. The third-order valence-electron chi connectivity index (χ3n) is 4.70. The van der Waals surface area contributed by atoms with Crippen molar-refractivity contribution in [2.45, 2.75) is 19.3 Å². The van der Waals surface area contributed by atoms with E-state index in [-0.39, 0.29) is 5.91 Å². The van der Waals surface area contributed by atoms with Gasteiger partial charge in [0.25, 0.3) is 5.91 Å². The summed E-state index contributed by atoms with van der Waals surface area (Å²) >= 11 is 1.34. The Bertz CT molecular complexity index is 1140. The zero-order valence-corrected chi connectivity index (χ0v) is 17.5. The first-order valence-electron chi connectivity index (χ1n) is 9.18. The molecule has 1 aromatic heterocycles. The number of carbonyl (C=O) groups is 1. The van der Waals surface area contributed by atoms with Gasteiger partial charge in [0, 0.05) is 18.5 Å². The van der Waals surface area contributed by atoms with Gasteiger partial charge in [-0.2, -0.15) is 0 Å². The molecule has 2 heterocycles. The van der Waals surface area contributed by atoms with Crippen LogP contribution in [0.5, 0.6) is 0 Å². The van der Waals surface area contributed by atoms with Crippen LogP contribution in [0.3, 0.4) is 0 Å². The summed E-state index contributed by atoms with van der Waals surface area (Å²) in [6.45, 7) is 0.465. The van der Waals surface area contributed by atoms with Gasteiger partial charge in [0.15, 0.2) is 0 Å². The molecule has 0 radical (unpaired) electrons. The van der Waals surface area contributed by atoms with Gasteiger partial charge in [0.1, 0.15) is 5.01 Å². The summed E-state index contributed by atoms with van der Waals surface area (Å²) in [6.07, 6.45) is 3.33. The second-order valence-electron chi connectivity index (χ2n) is 6.90. The molecule has 1 amide bonds. The Morgan fingerprint density at radius 1 is 1.17 bits per heavy atom. The molecule has 2 aromatic carbocycles. The van der Waals surface area contributed by atoms with Gasteiger partial charge in [0.05, 0.1) is 11.9 Å². The van der Waals surface area contributed by atoms with Crippen LogP contribution in [0, 0.1) is 0 Å². The summed E-state index contributed by atoms with van der Waals surface area (Å²) in [5.74, 6) is -0.285. The summed E-state index contributed by atoms with van der Waals surface area (Å²) in [4.78, 5) is 12.6. The number of carbonyl (C=O) groups excluding carboxylic acids is 1. The van der Waals surface area contributed by atoms with E-state index >= 15 is 0 Å². The number of hydrogen-bond acceptors (Lipinski definition) is 6. The highest BCUT2D eigenvalue weighted by atomic mass is 32.2. The predicted molar refractivity (Wildman–Crippen MR) is 114 cm³/mol. The maximum absolute atomic E-state index is 12.6. The molecule has 0 unspecified atom stereocenters. The van der Waals surface area contributed by atoms with E-state index < -0.39 is 10.0 Å². The average Bonchev–Trinajstić information content (AvgIpc) is 3.13. The SMILES string of the molecule is CS(=O)(=O)N1CCCc2cc(C(=O)Nc3nnc(Cc4ccccc4)s3)ccc21. The van der Waals surface area contributed by atoms with Crippen molar-refractivity contribution in [3.63, 3.8) is 0 Å². The van der Waals surface area contributed by atoms with E-state index in [1.54, 1.807) is 18.2 Å². The molecule has 0 aliphatic carbocycles. The predicted octanol–water partition coefficient (Wildman–Crippen LogP) is 3.09. The van der Waals surface area contributed by atoms with Crippen molar-refractivity contribution in [3.05, 3.63) is 70.2 Å². The van der Waals surface area contributed by atoms with Gasteiger partial charge in [-0.25, -0.2) is 8.42 Å². The number of hydrogen-bond donors (Lipinski definition) is 1. The highest BCUT2D eigenvalue weighted by Crippen LogP contribution is 2.30. The summed E-state index contributed by atoms with van der Waals surface area (Å²) in [5, 5.41) is 12.3. The standard InChI is InChI=1S/C20H20N4O3S2/c1-29(26,27)24-11-5-8-15-13-16(9-10-17(15)24)19(25)21-20-23-22-18(28-20)12-14-6-3-2-4-7-14/h2-4,6-7,9-10,13H,5,8,11-12H2,1H3,(H,21,23,25). The molecule has 150 valence electrons. The maximum Gasteiger partial charge on any atom is 0.257 e. The van der Waals surface area contributed by atoms with Gasteiger partial charge in [-0.3, -0.25) is 14.4 Å². The topological polar surface area (TPSA) is 92.3 Å². The molecule has 0 saturated heterocycles. The van der Waals surface area contributed by atoms with Crippen LogP contribution in [0.2, 0.25) is 0 Å². The highest BCUT2D eigenvalue weighted by molar-refractivity contribution is 7.92. The molecule has 0 fully saturated rings. The van der Waals surface area contributed by atoms with E-state index in [0.717, 1.165) is 29.0 Å². The zero-order valence-electron chi connectivity index (χ0n) is 15.8. The van der Waals surface area contributed by atoms with Crippen molar-refractivity contribution in [1.29, 1.82) is 0 Å². The first-order valence-corrected chi connectivity index (χ1v) is 11.8. The Morgan fingerprint density at radius 2 is 1.97 bits per heavy atom. The smallest absolute Gasteiger partial charge is 0.257 e. The normalized spacial score (nSPS) is 13.8. The lowest BCUT2D eigenvalue weighted by molar-refractivity contribution is 0.102. The largest absolute Gasteiger partial charge is 0.296 e. The number of nitrogens with zero attached hydrogens (tertiary/aromatic N) is 3. The van der Waals surface area contributed by atoms with Gasteiger partial charge in [-0.1, -0.05) is 41.7 Å². The molecule has 9 heteroatoms. The monoisotopic (exact) mass is 428 g/mol. The minimum absolute atomic E-state index is 0.285. The molecule has 0 saturated carbocycles. The van der Waals surface area contributed by atoms with Gasteiger partial charge < -0.3 is 0 Å². The average molecular weight is 429 g/mol.